The van der Waals surface area contributed by atoms with Crippen molar-refractivity contribution in [2.75, 3.05) is 0 Å². The van der Waals surface area contributed by atoms with E-state index in [0.29, 0.717) is 5.02 Å². The van der Waals surface area contributed by atoms with Crippen LogP contribution in [0.25, 0.3) is 10.1 Å². The molecule has 1 N–H and O–H groups in total. The molecule has 1 aromatic heterocycles. The van der Waals surface area contributed by atoms with Crippen molar-refractivity contribution in [2.45, 2.75) is 11.9 Å². The molecule has 2 rings (SSSR count). The Morgan fingerprint density at radius 3 is 2.93 bits per heavy atom. The molecule has 0 saturated carbocycles. The molecular weight excluding hydrogens is 284 g/mol. The monoisotopic (exact) mass is 290 g/mol. The Bertz CT molecular complexity index is 466. The van der Waals surface area contributed by atoms with Gasteiger partial charge in [0.15, 0.2) is 0 Å². The summed E-state index contributed by atoms with van der Waals surface area (Å²) in [6.45, 7) is -0.00533. The van der Waals surface area contributed by atoms with E-state index in [2.05, 4.69) is 15.9 Å². The lowest BCUT2D eigenvalue weighted by atomic mass is 10.1. The molecule has 0 amide bonds. The van der Waals surface area contributed by atoms with E-state index in [1.54, 1.807) is 11.3 Å². The number of hydrogen-bond donors (Lipinski definition) is 1. The van der Waals surface area contributed by atoms with E-state index in [9.17, 15) is 5.11 Å². The highest BCUT2D eigenvalue weighted by molar-refractivity contribution is 9.08. The second-order valence-electron chi connectivity index (χ2n) is 2.95. The van der Waals surface area contributed by atoms with Gasteiger partial charge in [0.25, 0.3) is 0 Å². The average molecular weight is 292 g/mol. The van der Waals surface area contributed by atoms with Gasteiger partial charge in [-0.2, -0.15) is 0 Å². The zero-order chi connectivity index (χ0) is 10.1. The van der Waals surface area contributed by atoms with Gasteiger partial charge in [0, 0.05) is 20.6 Å². The highest BCUT2D eigenvalue weighted by Gasteiger charge is 2.10. The molecule has 0 aliphatic carbocycles. The molecule has 0 unspecified atom stereocenters. The number of alkyl halides is 1. The first-order chi connectivity index (χ1) is 6.77. The van der Waals surface area contributed by atoms with Crippen LogP contribution in [-0.4, -0.2) is 5.11 Å². The lowest BCUT2D eigenvalue weighted by Crippen LogP contribution is -1.88. The molecule has 2 aromatic rings. The number of hydrogen-bond acceptors (Lipinski definition) is 2. The van der Waals surface area contributed by atoms with Crippen LogP contribution in [-0.2, 0) is 11.9 Å². The summed E-state index contributed by atoms with van der Waals surface area (Å²) < 4.78 is 1.20. The van der Waals surface area contributed by atoms with Crippen molar-refractivity contribution >= 4 is 49.0 Å². The number of thiophene rings is 1. The number of aliphatic hydroxyl groups excluding tert-OH is 1. The summed E-state index contributed by atoms with van der Waals surface area (Å²) in [5.74, 6) is 0. The van der Waals surface area contributed by atoms with Crippen LogP contribution < -0.4 is 0 Å². The van der Waals surface area contributed by atoms with E-state index in [1.165, 1.54) is 10.3 Å². The first kappa shape index (κ1) is 10.4. The minimum atomic E-state index is -0.00533. The van der Waals surface area contributed by atoms with E-state index in [-0.39, 0.29) is 6.61 Å². The predicted octanol–water partition coefficient (Wildman–Crippen LogP) is 3.94. The third-order valence-corrected chi connectivity index (χ3v) is 4.10. The fourth-order valence-corrected chi connectivity index (χ4v) is 3.35. The normalized spacial score (nSPS) is 11.1. The molecule has 0 aliphatic rings. The third kappa shape index (κ3) is 1.58. The Hall–Kier alpha value is -0.0900. The summed E-state index contributed by atoms with van der Waals surface area (Å²) >= 11 is 11.2. The van der Waals surface area contributed by atoms with Crippen LogP contribution in [0, 0.1) is 0 Å². The standard InChI is InChI=1S/C10H8BrClOS/c11-4-6-3-9(12)8(5-13)7-1-2-14-10(6)7/h1-3,13H,4-5H2. The Morgan fingerprint density at radius 2 is 2.29 bits per heavy atom. The van der Waals surface area contributed by atoms with E-state index in [0.717, 1.165) is 16.3 Å². The minimum absolute atomic E-state index is 0.00533. The van der Waals surface area contributed by atoms with Gasteiger partial charge in [-0.05, 0) is 28.5 Å². The summed E-state index contributed by atoms with van der Waals surface area (Å²) in [5, 5.41) is 13.7. The van der Waals surface area contributed by atoms with Crippen molar-refractivity contribution in [3.63, 3.8) is 0 Å². The van der Waals surface area contributed by atoms with Crippen LogP contribution in [0.3, 0.4) is 0 Å². The van der Waals surface area contributed by atoms with E-state index >= 15 is 0 Å². The summed E-state index contributed by atoms with van der Waals surface area (Å²) in [5.41, 5.74) is 2.00. The lowest BCUT2D eigenvalue weighted by molar-refractivity contribution is 0.283. The number of aliphatic hydroxyl groups is 1. The highest BCUT2D eigenvalue weighted by atomic mass is 79.9. The Balaban J connectivity index is 2.81. The predicted molar refractivity (Wildman–Crippen MR) is 65.4 cm³/mol. The molecular formula is C10H8BrClOS. The van der Waals surface area contributed by atoms with E-state index in [4.69, 9.17) is 11.6 Å². The largest absolute Gasteiger partial charge is 0.392 e. The second-order valence-corrected chi connectivity index (χ2v) is 4.84. The Morgan fingerprint density at radius 1 is 1.50 bits per heavy atom. The first-order valence-electron chi connectivity index (χ1n) is 4.12. The van der Waals surface area contributed by atoms with Crippen molar-refractivity contribution < 1.29 is 5.11 Å². The molecule has 74 valence electrons. The molecule has 0 saturated heterocycles. The highest BCUT2D eigenvalue weighted by Crippen LogP contribution is 2.34. The zero-order valence-corrected chi connectivity index (χ0v) is 10.4. The molecule has 0 spiro atoms. The summed E-state index contributed by atoms with van der Waals surface area (Å²) in [7, 11) is 0. The van der Waals surface area contributed by atoms with Gasteiger partial charge < -0.3 is 5.11 Å². The SMILES string of the molecule is OCc1c(Cl)cc(CBr)c2sccc12. The molecule has 1 heterocycles. The molecule has 1 nitrogen and oxygen atoms in total. The fourth-order valence-electron chi connectivity index (χ4n) is 1.49. The van der Waals surface area contributed by atoms with Crippen LogP contribution in [0.5, 0.6) is 0 Å². The fraction of sp³-hybridized carbons (Fsp3) is 0.200. The number of halogens is 2. The zero-order valence-electron chi connectivity index (χ0n) is 7.26. The Labute approximate surface area is 99.4 Å². The molecule has 0 aliphatic heterocycles. The minimum Gasteiger partial charge on any atom is -0.392 e. The van der Waals surface area contributed by atoms with Crippen LogP contribution >= 0.6 is 38.9 Å². The molecule has 0 fully saturated rings. The van der Waals surface area contributed by atoms with Crippen LogP contribution in [0.1, 0.15) is 11.1 Å². The maximum absolute atomic E-state index is 9.21. The van der Waals surface area contributed by atoms with Gasteiger partial charge in [-0.25, -0.2) is 0 Å². The second kappa shape index (κ2) is 4.19. The van der Waals surface area contributed by atoms with Gasteiger partial charge >= 0.3 is 0 Å². The number of benzene rings is 1. The van der Waals surface area contributed by atoms with Crippen LogP contribution in [0.15, 0.2) is 17.5 Å². The average Bonchev–Trinajstić information content (AvgIpc) is 2.65. The molecule has 1 aromatic carbocycles. The lowest BCUT2D eigenvalue weighted by Gasteiger charge is -2.06. The molecule has 0 bridgehead atoms. The summed E-state index contributed by atoms with van der Waals surface area (Å²) in [4.78, 5) is 0. The van der Waals surface area contributed by atoms with Gasteiger partial charge in [-0.1, -0.05) is 27.5 Å². The first-order valence-corrected chi connectivity index (χ1v) is 6.50. The van der Waals surface area contributed by atoms with Crippen molar-refractivity contribution in [1.29, 1.82) is 0 Å². The summed E-state index contributed by atoms with van der Waals surface area (Å²) in [6, 6.07) is 3.92. The van der Waals surface area contributed by atoms with Crippen molar-refractivity contribution in [3.8, 4) is 0 Å². The van der Waals surface area contributed by atoms with Crippen LogP contribution in [0.4, 0.5) is 0 Å². The smallest absolute Gasteiger partial charge is 0.0702 e. The molecule has 4 heteroatoms. The third-order valence-electron chi connectivity index (χ3n) is 2.17. The topological polar surface area (TPSA) is 20.2 Å². The number of fused-ring (bicyclic) bond motifs is 1. The quantitative estimate of drug-likeness (QED) is 0.831. The Kier molecular flexibility index (Phi) is 3.12. The maximum Gasteiger partial charge on any atom is 0.0702 e. The number of rotatable bonds is 2. The van der Waals surface area contributed by atoms with Gasteiger partial charge in [0.05, 0.1) is 6.61 Å². The van der Waals surface area contributed by atoms with Crippen LogP contribution in [0.2, 0.25) is 5.02 Å². The van der Waals surface area contributed by atoms with Gasteiger partial charge in [-0.15, -0.1) is 11.3 Å². The molecule has 0 atom stereocenters. The van der Waals surface area contributed by atoms with Gasteiger partial charge in [-0.3, -0.25) is 0 Å². The molecule has 0 radical (unpaired) electrons. The maximum atomic E-state index is 9.21. The van der Waals surface area contributed by atoms with Crippen molar-refractivity contribution in [3.05, 3.63) is 33.7 Å². The van der Waals surface area contributed by atoms with Gasteiger partial charge in [0.1, 0.15) is 0 Å². The van der Waals surface area contributed by atoms with Crippen molar-refractivity contribution in [2.24, 2.45) is 0 Å². The van der Waals surface area contributed by atoms with Gasteiger partial charge in [0.2, 0.25) is 0 Å². The molecule has 14 heavy (non-hydrogen) atoms. The van der Waals surface area contributed by atoms with Crippen molar-refractivity contribution in [1.82, 2.24) is 0 Å². The summed E-state index contributed by atoms with van der Waals surface area (Å²) in [6.07, 6.45) is 0. The van der Waals surface area contributed by atoms with E-state index in [1.807, 2.05) is 17.5 Å². The van der Waals surface area contributed by atoms with E-state index < -0.39 is 0 Å².